The minimum Gasteiger partial charge on any atom is -0.492 e. The SMILES string of the molecule is CN(C)CC(=O)Nc1ccc2c(c1)OCCc1cc(-c3nncn3-c3ccccc3Cl)sc1-2. The first-order valence-electron chi connectivity index (χ1n) is 10.5. The number of likely N-dealkylation sites (N-methyl/N-ethyl adjacent to an activating group) is 1. The summed E-state index contributed by atoms with van der Waals surface area (Å²) in [7, 11) is 3.73. The second-order valence-electron chi connectivity index (χ2n) is 8.04. The van der Waals surface area contributed by atoms with Gasteiger partial charge in [0, 0.05) is 28.6 Å². The summed E-state index contributed by atoms with van der Waals surface area (Å²) in [5.41, 5.74) is 3.77. The molecule has 0 atom stereocenters. The van der Waals surface area contributed by atoms with Crippen molar-refractivity contribution in [3.8, 4) is 32.6 Å². The summed E-state index contributed by atoms with van der Waals surface area (Å²) in [5.74, 6) is 1.44. The van der Waals surface area contributed by atoms with Crippen molar-refractivity contribution in [2.24, 2.45) is 0 Å². The highest BCUT2D eigenvalue weighted by molar-refractivity contribution is 7.19. The zero-order valence-electron chi connectivity index (χ0n) is 18.2. The second kappa shape index (κ2) is 8.97. The summed E-state index contributed by atoms with van der Waals surface area (Å²) in [5, 5.41) is 12.1. The molecule has 3 heterocycles. The normalized spacial score (nSPS) is 12.6. The number of carbonyl (C=O) groups excluding carboxylic acids is 1. The summed E-state index contributed by atoms with van der Waals surface area (Å²) in [6, 6.07) is 15.6. The number of rotatable bonds is 5. The molecule has 168 valence electrons. The Labute approximate surface area is 200 Å². The zero-order chi connectivity index (χ0) is 22.9. The molecule has 1 N–H and O–H groups in total. The molecular weight excluding hydrogens is 458 g/mol. The summed E-state index contributed by atoms with van der Waals surface area (Å²) >= 11 is 8.07. The number of thiophene rings is 1. The molecule has 2 aromatic carbocycles. The summed E-state index contributed by atoms with van der Waals surface area (Å²) in [6.07, 6.45) is 2.46. The maximum Gasteiger partial charge on any atom is 0.238 e. The number of nitrogens with zero attached hydrogens (tertiary/aromatic N) is 4. The van der Waals surface area contributed by atoms with Crippen LogP contribution in [0.25, 0.3) is 26.8 Å². The van der Waals surface area contributed by atoms with Crippen LogP contribution in [0.3, 0.4) is 0 Å². The fourth-order valence-corrected chi connectivity index (χ4v) is 5.29. The van der Waals surface area contributed by atoms with Crippen LogP contribution in [0.5, 0.6) is 5.75 Å². The maximum absolute atomic E-state index is 12.1. The molecule has 0 fully saturated rings. The lowest BCUT2D eigenvalue weighted by Gasteiger charge is -2.13. The lowest BCUT2D eigenvalue weighted by atomic mass is 10.1. The number of para-hydroxylation sites is 1. The molecule has 7 nitrogen and oxygen atoms in total. The number of anilines is 1. The van der Waals surface area contributed by atoms with Crippen LogP contribution in [0.4, 0.5) is 5.69 Å². The number of amides is 1. The molecule has 1 aliphatic heterocycles. The first-order valence-corrected chi connectivity index (χ1v) is 11.7. The molecule has 0 aliphatic carbocycles. The van der Waals surface area contributed by atoms with Crippen LogP contribution in [0.1, 0.15) is 5.56 Å². The number of hydrogen-bond donors (Lipinski definition) is 1. The first kappa shape index (κ1) is 21.6. The van der Waals surface area contributed by atoms with Gasteiger partial charge in [0.25, 0.3) is 0 Å². The van der Waals surface area contributed by atoms with Crippen molar-refractivity contribution in [1.29, 1.82) is 0 Å². The van der Waals surface area contributed by atoms with Crippen molar-refractivity contribution in [2.75, 3.05) is 32.6 Å². The van der Waals surface area contributed by atoms with Gasteiger partial charge in [0.2, 0.25) is 5.91 Å². The van der Waals surface area contributed by atoms with Crippen molar-refractivity contribution >= 4 is 34.5 Å². The van der Waals surface area contributed by atoms with Crippen molar-refractivity contribution < 1.29 is 9.53 Å². The van der Waals surface area contributed by atoms with E-state index in [0.717, 1.165) is 44.7 Å². The van der Waals surface area contributed by atoms with Gasteiger partial charge in [0.1, 0.15) is 12.1 Å². The number of ether oxygens (including phenoxy) is 1. The highest BCUT2D eigenvalue weighted by Gasteiger charge is 2.22. The van der Waals surface area contributed by atoms with Gasteiger partial charge in [-0.1, -0.05) is 23.7 Å². The van der Waals surface area contributed by atoms with E-state index >= 15 is 0 Å². The Bertz CT molecular complexity index is 1330. The number of aromatic nitrogens is 3. The fourth-order valence-electron chi connectivity index (χ4n) is 3.84. The highest BCUT2D eigenvalue weighted by atomic mass is 35.5. The van der Waals surface area contributed by atoms with Gasteiger partial charge in [0.05, 0.1) is 28.7 Å². The third-order valence-corrected chi connectivity index (χ3v) is 6.81. The Morgan fingerprint density at radius 1 is 1.24 bits per heavy atom. The van der Waals surface area contributed by atoms with Gasteiger partial charge in [0.15, 0.2) is 5.82 Å². The van der Waals surface area contributed by atoms with Crippen LogP contribution < -0.4 is 10.1 Å². The van der Waals surface area contributed by atoms with Crippen molar-refractivity contribution in [3.63, 3.8) is 0 Å². The van der Waals surface area contributed by atoms with Crippen LogP contribution in [0.15, 0.2) is 54.9 Å². The van der Waals surface area contributed by atoms with Gasteiger partial charge in [-0.25, -0.2) is 0 Å². The van der Waals surface area contributed by atoms with E-state index in [0.29, 0.717) is 18.2 Å². The van der Waals surface area contributed by atoms with Gasteiger partial charge >= 0.3 is 0 Å². The largest absolute Gasteiger partial charge is 0.492 e. The molecule has 4 aromatic rings. The van der Waals surface area contributed by atoms with E-state index in [1.165, 1.54) is 5.56 Å². The van der Waals surface area contributed by atoms with Crippen molar-refractivity contribution in [2.45, 2.75) is 6.42 Å². The molecule has 1 amide bonds. The Morgan fingerprint density at radius 2 is 2.09 bits per heavy atom. The van der Waals surface area contributed by atoms with Crippen LogP contribution in [-0.2, 0) is 11.2 Å². The molecule has 0 bridgehead atoms. The topological polar surface area (TPSA) is 72.3 Å². The van der Waals surface area contributed by atoms with E-state index in [1.54, 1.807) is 17.7 Å². The van der Waals surface area contributed by atoms with Crippen LogP contribution in [0, 0.1) is 0 Å². The van der Waals surface area contributed by atoms with Gasteiger partial charge in [-0.3, -0.25) is 9.36 Å². The van der Waals surface area contributed by atoms with Crippen LogP contribution in [-0.4, -0.2) is 52.8 Å². The van der Waals surface area contributed by atoms with Crippen molar-refractivity contribution in [3.05, 3.63) is 65.4 Å². The Hall–Kier alpha value is -3.20. The average Bonchev–Trinajstić information content (AvgIpc) is 3.38. The molecule has 0 saturated heterocycles. The lowest BCUT2D eigenvalue weighted by Crippen LogP contribution is -2.27. The third-order valence-electron chi connectivity index (χ3n) is 5.29. The molecule has 0 spiro atoms. The predicted molar refractivity (Wildman–Crippen MR) is 132 cm³/mol. The van der Waals surface area contributed by atoms with E-state index in [1.807, 2.05) is 66.0 Å². The monoisotopic (exact) mass is 479 g/mol. The fraction of sp³-hybridized carbons (Fsp3) is 0.208. The molecule has 2 aromatic heterocycles. The van der Waals surface area contributed by atoms with Gasteiger partial charge < -0.3 is 15.0 Å². The third kappa shape index (κ3) is 4.37. The Kier molecular flexibility index (Phi) is 5.88. The van der Waals surface area contributed by atoms with Crippen LogP contribution in [0.2, 0.25) is 5.02 Å². The Balaban J connectivity index is 1.50. The molecule has 0 radical (unpaired) electrons. The molecule has 9 heteroatoms. The van der Waals surface area contributed by atoms with E-state index in [-0.39, 0.29) is 5.91 Å². The molecule has 0 saturated carbocycles. The van der Waals surface area contributed by atoms with E-state index in [9.17, 15) is 4.79 Å². The van der Waals surface area contributed by atoms with Crippen LogP contribution >= 0.6 is 22.9 Å². The average molecular weight is 480 g/mol. The minimum atomic E-state index is -0.0634. The quantitative estimate of drug-likeness (QED) is 0.447. The summed E-state index contributed by atoms with van der Waals surface area (Å²) in [6.45, 7) is 0.880. The Morgan fingerprint density at radius 3 is 2.91 bits per heavy atom. The number of nitrogens with one attached hydrogen (secondary N) is 1. The van der Waals surface area contributed by atoms with E-state index < -0.39 is 0 Å². The summed E-state index contributed by atoms with van der Waals surface area (Å²) < 4.78 is 7.94. The van der Waals surface area contributed by atoms with E-state index in [2.05, 4.69) is 21.6 Å². The lowest BCUT2D eigenvalue weighted by molar-refractivity contribution is -0.116. The minimum absolute atomic E-state index is 0.0634. The number of benzene rings is 2. The molecule has 1 aliphatic rings. The molecule has 33 heavy (non-hydrogen) atoms. The molecule has 5 rings (SSSR count). The number of fused-ring (bicyclic) bond motifs is 3. The van der Waals surface area contributed by atoms with Gasteiger partial charge in [-0.05, 0) is 50.0 Å². The van der Waals surface area contributed by atoms with Gasteiger partial charge in [-0.2, -0.15) is 0 Å². The zero-order valence-corrected chi connectivity index (χ0v) is 19.8. The number of carbonyl (C=O) groups is 1. The second-order valence-corrected chi connectivity index (χ2v) is 9.50. The standard InChI is InChI=1S/C24H22ClN5O2S/c1-29(2)13-22(31)27-16-7-8-17-20(12-16)32-10-9-15-11-21(33-23(15)17)24-28-26-14-30(24)19-6-4-3-5-18(19)25/h3-8,11-12,14H,9-10,13H2,1-2H3,(H,27,31). The maximum atomic E-state index is 12.1. The predicted octanol–water partition coefficient (Wildman–Crippen LogP) is 4.75. The molecular formula is C24H22ClN5O2S. The number of hydrogen-bond acceptors (Lipinski definition) is 6. The highest BCUT2D eigenvalue weighted by Crippen LogP contribution is 2.44. The smallest absolute Gasteiger partial charge is 0.238 e. The van der Waals surface area contributed by atoms with Gasteiger partial charge in [-0.15, -0.1) is 21.5 Å². The van der Waals surface area contributed by atoms with E-state index in [4.69, 9.17) is 16.3 Å². The van der Waals surface area contributed by atoms with Crippen molar-refractivity contribution in [1.82, 2.24) is 19.7 Å². The summed E-state index contributed by atoms with van der Waals surface area (Å²) in [4.78, 5) is 16.1. The number of halogens is 1. The molecule has 0 unspecified atom stereocenters. The first-order chi connectivity index (χ1) is 16.0.